The van der Waals surface area contributed by atoms with Gasteiger partial charge in [0.05, 0.1) is 17.4 Å². The van der Waals surface area contributed by atoms with Crippen molar-refractivity contribution in [2.45, 2.75) is 6.92 Å². The van der Waals surface area contributed by atoms with E-state index in [4.69, 9.17) is 4.74 Å². The van der Waals surface area contributed by atoms with E-state index in [-0.39, 0.29) is 6.61 Å². The van der Waals surface area contributed by atoms with Gasteiger partial charge in [-0.1, -0.05) is 0 Å². The van der Waals surface area contributed by atoms with Crippen molar-refractivity contribution in [1.29, 1.82) is 0 Å². The predicted molar refractivity (Wildman–Crippen MR) is 85.5 cm³/mol. The number of halogens is 1. The van der Waals surface area contributed by atoms with Crippen molar-refractivity contribution < 1.29 is 9.13 Å². The maximum atomic E-state index is 12.1. The van der Waals surface area contributed by atoms with Crippen LogP contribution in [-0.4, -0.2) is 23.2 Å². The molecule has 0 amide bonds. The van der Waals surface area contributed by atoms with Crippen LogP contribution in [0.3, 0.4) is 0 Å². The lowest BCUT2D eigenvalue weighted by Crippen LogP contribution is -1.99. The van der Waals surface area contributed by atoms with Crippen LogP contribution in [-0.2, 0) is 0 Å². The number of aromatic nitrogens is 2. The molecule has 0 atom stereocenters. The third kappa shape index (κ3) is 3.31. The number of alkyl halides is 1. The number of hydrogen-bond acceptors (Lipinski definition) is 4. The molecule has 2 aromatic heterocycles. The van der Waals surface area contributed by atoms with E-state index in [9.17, 15) is 4.39 Å². The fourth-order valence-corrected chi connectivity index (χ4v) is 2.11. The van der Waals surface area contributed by atoms with Crippen LogP contribution in [0.1, 0.15) is 5.69 Å². The quantitative estimate of drug-likeness (QED) is 0.772. The lowest BCUT2D eigenvalue weighted by atomic mass is 10.2. The summed E-state index contributed by atoms with van der Waals surface area (Å²) in [6.07, 6.45) is 1.77. The van der Waals surface area contributed by atoms with Gasteiger partial charge >= 0.3 is 0 Å². The van der Waals surface area contributed by atoms with E-state index in [0.717, 1.165) is 28.1 Å². The lowest BCUT2D eigenvalue weighted by Gasteiger charge is -2.08. The maximum Gasteiger partial charge on any atom is 0.131 e. The second-order valence-corrected chi connectivity index (χ2v) is 4.90. The van der Waals surface area contributed by atoms with Crippen molar-refractivity contribution in [2.75, 3.05) is 18.6 Å². The summed E-state index contributed by atoms with van der Waals surface area (Å²) in [7, 11) is 0. The SMILES string of the molecule is Cc1ccc(Nc2ccc3cc(OCCF)ccc3n2)cn1. The van der Waals surface area contributed by atoms with E-state index < -0.39 is 6.67 Å². The molecule has 0 aliphatic carbocycles. The number of ether oxygens (including phenoxy) is 1. The number of anilines is 2. The first-order valence-corrected chi connectivity index (χ1v) is 7.04. The van der Waals surface area contributed by atoms with E-state index in [1.165, 1.54) is 0 Å². The molecule has 22 heavy (non-hydrogen) atoms. The molecule has 0 fully saturated rings. The third-order valence-electron chi connectivity index (χ3n) is 3.19. The molecule has 0 bridgehead atoms. The maximum absolute atomic E-state index is 12.1. The fraction of sp³-hybridized carbons (Fsp3) is 0.176. The second-order valence-electron chi connectivity index (χ2n) is 4.90. The smallest absolute Gasteiger partial charge is 0.131 e. The number of nitrogens with zero attached hydrogens (tertiary/aromatic N) is 2. The van der Waals surface area contributed by atoms with Crippen LogP contribution in [0.15, 0.2) is 48.7 Å². The summed E-state index contributed by atoms with van der Waals surface area (Å²) >= 11 is 0. The summed E-state index contributed by atoms with van der Waals surface area (Å²) in [6.45, 7) is 1.52. The highest BCUT2D eigenvalue weighted by atomic mass is 19.1. The summed E-state index contributed by atoms with van der Waals surface area (Å²) < 4.78 is 17.4. The van der Waals surface area contributed by atoms with Gasteiger partial charge in [0, 0.05) is 11.1 Å². The van der Waals surface area contributed by atoms with Gasteiger partial charge in [-0.25, -0.2) is 9.37 Å². The fourth-order valence-electron chi connectivity index (χ4n) is 2.11. The molecule has 0 unspecified atom stereocenters. The Labute approximate surface area is 128 Å². The number of nitrogens with one attached hydrogen (secondary N) is 1. The summed E-state index contributed by atoms with van der Waals surface area (Å²) in [5, 5.41) is 4.17. The first-order chi connectivity index (χ1) is 10.7. The standard InChI is InChI=1S/C17H16FN3O/c1-12-2-4-14(11-19-12)20-17-7-3-13-10-15(22-9-8-18)5-6-16(13)21-17/h2-7,10-11H,8-9H2,1H3,(H,20,21). The molecule has 5 heteroatoms. The number of hydrogen-bond donors (Lipinski definition) is 1. The zero-order valence-electron chi connectivity index (χ0n) is 12.2. The third-order valence-corrected chi connectivity index (χ3v) is 3.19. The second kappa shape index (κ2) is 6.39. The highest BCUT2D eigenvalue weighted by Crippen LogP contribution is 2.22. The molecular formula is C17H16FN3O. The van der Waals surface area contributed by atoms with Crippen molar-refractivity contribution in [3.05, 3.63) is 54.4 Å². The van der Waals surface area contributed by atoms with Gasteiger partial charge in [0.25, 0.3) is 0 Å². The zero-order chi connectivity index (χ0) is 15.4. The average Bonchev–Trinajstić information content (AvgIpc) is 2.55. The van der Waals surface area contributed by atoms with Crippen LogP contribution in [0.4, 0.5) is 15.9 Å². The van der Waals surface area contributed by atoms with E-state index in [2.05, 4.69) is 15.3 Å². The van der Waals surface area contributed by atoms with Gasteiger partial charge in [-0.2, -0.15) is 0 Å². The van der Waals surface area contributed by atoms with Crippen LogP contribution < -0.4 is 10.1 Å². The Balaban J connectivity index is 1.82. The van der Waals surface area contributed by atoms with Gasteiger partial charge in [-0.15, -0.1) is 0 Å². The zero-order valence-corrected chi connectivity index (χ0v) is 12.2. The van der Waals surface area contributed by atoms with Gasteiger partial charge in [0.1, 0.15) is 24.8 Å². The van der Waals surface area contributed by atoms with Crippen LogP contribution in [0, 0.1) is 6.92 Å². The van der Waals surface area contributed by atoms with Gasteiger partial charge in [0.15, 0.2) is 0 Å². The number of benzene rings is 1. The molecule has 1 aromatic carbocycles. The monoisotopic (exact) mass is 297 g/mol. The van der Waals surface area contributed by atoms with E-state index in [1.807, 2.05) is 43.3 Å². The van der Waals surface area contributed by atoms with Crippen LogP contribution >= 0.6 is 0 Å². The molecule has 0 saturated heterocycles. The molecule has 2 heterocycles. The summed E-state index contributed by atoms with van der Waals surface area (Å²) in [4.78, 5) is 8.79. The molecule has 0 aliphatic rings. The number of fused-ring (bicyclic) bond motifs is 1. The summed E-state index contributed by atoms with van der Waals surface area (Å²) in [5.41, 5.74) is 2.70. The summed E-state index contributed by atoms with van der Waals surface area (Å²) in [5.74, 6) is 1.39. The Hall–Kier alpha value is -2.69. The molecule has 0 radical (unpaired) electrons. The van der Waals surface area contributed by atoms with E-state index >= 15 is 0 Å². The topological polar surface area (TPSA) is 47.0 Å². The van der Waals surface area contributed by atoms with Gasteiger partial charge in [-0.3, -0.25) is 4.98 Å². The average molecular weight is 297 g/mol. The first kappa shape index (κ1) is 14.3. The molecule has 1 N–H and O–H groups in total. The molecule has 4 nitrogen and oxygen atoms in total. The van der Waals surface area contributed by atoms with Crippen LogP contribution in [0.2, 0.25) is 0 Å². The largest absolute Gasteiger partial charge is 0.491 e. The van der Waals surface area contributed by atoms with Crippen molar-refractivity contribution >= 4 is 22.4 Å². The Morgan fingerprint density at radius 3 is 2.82 bits per heavy atom. The van der Waals surface area contributed by atoms with Crippen molar-refractivity contribution in [3.8, 4) is 5.75 Å². The lowest BCUT2D eigenvalue weighted by molar-refractivity contribution is 0.273. The van der Waals surface area contributed by atoms with Crippen molar-refractivity contribution in [2.24, 2.45) is 0 Å². The molecular weight excluding hydrogens is 281 g/mol. The Morgan fingerprint density at radius 1 is 1.14 bits per heavy atom. The predicted octanol–water partition coefficient (Wildman–Crippen LogP) is 4.03. The molecule has 3 rings (SSSR count). The molecule has 3 aromatic rings. The van der Waals surface area contributed by atoms with Gasteiger partial charge in [-0.05, 0) is 49.4 Å². The minimum atomic E-state index is -0.496. The molecule has 112 valence electrons. The van der Waals surface area contributed by atoms with Crippen molar-refractivity contribution in [1.82, 2.24) is 9.97 Å². The molecule has 0 aliphatic heterocycles. The van der Waals surface area contributed by atoms with Crippen LogP contribution in [0.5, 0.6) is 5.75 Å². The van der Waals surface area contributed by atoms with E-state index in [0.29, 0.717) is 5.75 Å². The Morgan fingerprint density at radius 2 is 2.05 bits per heavy atom. The Kier molecular flexibility index (Phi) is 4.14. The summed E-state index contributed by atoms with van der Waals surface area (Å²) in [6, 6.07) is 13.3. The number of pyridine rings is 2. The first-order valence-electron chi connectivity index (χ1n) is 7.04. The van der Waals surface area contributed by atoms with Crippen LogP contribution in [0.25, 0.3) is 10.9 Å². The normalized spacial score (nSPS) is 10.6. The van der Waals surface area contributed by atoms with Crippen molar-refractivity contribution in [3.63, 3.8) is 0 Å². The number of aryl methyl sites for hydroxylation is 1. The Bertz CT molecular complexity index is 774. The number of rotatable bonds is 5. The van der Waals surface area contributed by atoms with Gasteiger partial charge in [0.2, 0.25) is 0 Å². The van der Waals surface area contributed by atoms with Gasteiger partial charge < -0.3 is 10.1 Å². The molecule has 0 spiro atoms. The molecule has 0 saturated carbocycles. The minimum absolute atomic E-state index is 0.0685. The van der Waals surface area contributed by atoms with E-state index in [1.54, 1.807) is 12.3 Å². The highest BCUT2D eigenvalue weighted by molar-refractivity contribution is 5.82. The highest BCUT2D eigenvalue weighted by Gasteiger charge is 2.02. The minimum Gasteiger partial charge on any atom is -0.491 e.